The van der Waals surface area contributed by atoms with Crippen LogP contribution in [0.25, 0.3) is 0 Å². The van der Waals surface area contributed by atoms with Gasteiger partial charge in [-0.15, -0.1) is 16.9 Å². The molecule has 3 rings (SSSR count). The first-order valence-electron chi connectivity index (χ1n) is 8.31. The molecule has 0 radical (unpaired) electrons. The zero-order valence-electron chi connectivity index (χ0n) is 15.6. The van der Waals surface area contributed by atoms with E-state index in [0.29, 0.717) is 6.07 Å². The van der Waals surface area contributed by atoms with Crippen molar-refractivity contribution >= 4 is 23.4 Å². The molecule has 0 unspecified atom stereocenters. The molecule has 11 heteroatoms. The Kier molecular flexibility index (Phi) is 6.01. The normalized spacial score (nSPS) is 11.4. The van der Waals surface area contributed by atoms with Crippen molar-refractivity contribution in [3.63, 3.8) is 0 Å². The number of halogens is 5. The monoisotopic (exact) mass is 443 g/mol. The summed E-state index contributed by atoms with van der Waals surface area (Å²) in [5.74, 6) is -3.09. The van der Waals surface area contributed by atoms with Gasteiger partial charge in [-0.3, -0.25) is 9.48 Å². The Labute approximate surface area is 171 Å². The molecule has 1 N–H and O–H groups in total. The fourth-order valence-corrected chi connectivity index (χ4v) is 3.16. The molecule has 0 saturated carbocycles. The quantitative estimate of drug-likeness (QED) is 0.419. The van der Waals surface area contributed by atoms with Gasteiger partial charge >= 0.3 is 6.18 Å². The Morgan fingerprint density at radius 1 is 1.17 bits per heavy atom. The summed E-state index contributed by atoms with van der Waals surface area (Å²) in [6.45, 7) is 0. The molecule has 158 valence electrons. The number of aromatic nitrogens is 2. The maximum atomic E-state index is 13.8. The molecule has 0 fully saturated rings. The standard InChI is InChI=1S/C19H14F5N3O2S/c1-27-9-12(17(28)25-15-5-3-10(20)7-14(15)21)18(26-27)29-11-4-6-16(30-2)13(8-11)19(22,23)24/h3-9H,1-2H3,(H,25,28). The molecular formula is C19H14F5N3O2S. The summed E-state index contributed by atoms with van der Waals surface area (Å²) >= 11 is 0.931. The summed E-state index contributed by atoms with van der Waals surface area (Å²) in [5.41, 5.74) is -1.31. The van der Waals surface area contributed by atoms with E-state index in [0.717, 1.165) is 30.0 Å². The van der Waals surface area contributed by atoms with E-state index in [-0.39, 0.29) is 27.8 Å². The predicted octanol–water partition coefficient (Wildman–Crippen LogP) is 5.48. The number of alkyl halides is 3. The minimum atomic E-state index is -4.60. The van der Waals surface area contributed by atoms with Gasteiger partial charge < -0.3 is 10.1 Å². The van der Waals surface area contributed by atoms with Gasteiger partial charge in [0, 0.05) is 24.2 Å². The summed E-state index contributed by atoms with van der Waals surface area (Å²) in [5, 5.41) is 6.18. The zero-order chi connectivity index (χ0) is 22.1. The Balaban J connectivity index is 1.89. The number of thioether (sulfide) groups is 1. The Hall–Kier alpha value is -3.08. The molecule has 0 bridgehead atoms. The van der Waals surface area contributed by atoms with E-state index in [1.165, 1.54) is 36.3 Å². The number of nitrogens with one attached hydrogen (secondary N) is 1. The fourth-order valence-electron chi connectivity index (χ4n) is 2.56. The molecular weight excluding hydrogens is 429 g/mol. The molecule has 0 atom stereocenters. The first-order chi connectivity index (χ1) is 14.1. The smallest absolute Gasteiger partial charge is 0.417 e. The van der Waals surface area contributed by atoms with E-state index in [1.807, 2.05) is 0 Å². The summed E-state index contributed by atoms with van der Waals surface area (Å²) in [7, 11) is 1.47. The molecule has 1 aromatic heterocycles. The highest BCUT2D eigenvalue weighted by molar-refractivity contribution is 7.98. The first-order valence-corrected chi connectivity index (χ1v) is 9.54. The van der Waals surface area contributed by atoms with Gasteiger partial charge in [-0.1, -0.05) is 0 Å². The Morgan fingerprint density at radius 2 is 1.90 bits per heavy atom. The molecule has 0 aliphatic heterocycles. The van der Waals surface area contributed by atoms with Gasteiger partial charge in [-0.2, -0.15) is 13.2 Å². The van der Waals surface area contributed by atoms with Crippen LogP contribution in [0.1, 0.15) is 15.9 Å². The number of carbonyl (C=O) groups excluding carboxylic acids is 1. The average molecular weight is 443 g/mol. The lowest BCUT2D eigenvalue weighted by Crippen LogP contribution is -2.13. The molecule has 1 heterocycles. The number of hydrogen-bond acceptors (Lipinski definition) is 4. The van der Waals surface area contributed by atoms with Crippen molar-refractivity contribution in [2.45, 2.75) is 11.1 Å². The van der Waals surface area contributed by atoms with Gasteiger partial charge in [-0.05, 0) is 36.6 Å². The van der Waals surface area contributed by atoms with Crippen molar-refractivity contribution in [1.82, 2.24) is 9.78 Å². The van der Waals surface area contributed by atoms with Crippen molar-refractivity contribution in [3.8, 4) is 11.6 Å². The SMILES string of the molecule is CSc1ccc(Oc2nn(C)cc2C(=O)Nc2ccc(F)cc2F)cc1C(F)(F)F. The highest BCUT2D eigenvalue weighted by Crippen LogP contribution is 2.39. The number of ether oxygens (including phenoxy) is 1. The third-order valence-corrected chi connectivity index (χ3v) is 4.71. The van der Waals surface area contributed by atoms with Crippen molar-refractivity contribution in [2.75, 3.05) is 11.6 Å². The van der Waals surface area contributed by atoms with Crippen LogP contribution in [0.4, 0.5) is 27.6 Å². The van der Waals surface area contributed by atoms with Gasteiger partial charge in [0.05, 0.1) is 11.3 Å². The summed E-state index contributed by atoms with van der Waals surface area (Å²) in [6, 6.07) is 5.97. The number of aryl methyl sites for hydroxylation is 1. The van der Waals surface area contributed by atoms with Crippen LogP contribution < -0.4 is 10.1 Å². The first kappa shape index (κ1) is 21.6. The van der Waals surface area contributed by atoms with Crippen LogP contribution in [0.5, 0.6) is 11.6 Å². The molecule has 0 aliphatic rings. The average Bonchev–Trinajstić information content (AvgIpc) is 3.03. The van der Waals surface area contributed by atoms with Crippen LogP contribution >= 0.6 is 11.8 Å². The van der Waals surface area contributed by atoms with Gasteiger partial charge in [0.2, 0.25) is 0 Å². The van der Waals surface area contributed by atoms with E-state index in [9.17, 15) is 26.7 Å². The fraction of sp³-hybridized carbons (Fsp3) is 0.158. The second-order valence-corrected chi connectivity index (χ2v) is 6.91. The third-order valence-electron chi connectivity index (χ3n) is 3.91. The van der Waals surface area contributed by atoms with Crippen LogP contribution in [0, 0.1) is 11.6 Å². The molecule has 3 aromatic rings. The van der Waals surface area contributed by atoms with E-state index >= 15 is 0 Å². The topological polar surface area (TPSA) is 56.2 Å². The largest absolute Gasteiger partial charge is 0.437 e. The van der Waals surface area contributed by atoms with Gasteiger partial charge in [-0.25, -0.2) is 8.78 Å². The minimum Gasteiger partial charge on any atom is -0.437 e. The second-order valence-electron chi connectivity index (χ2n) is 6.06. The number of carbonyl (C=O) groups is 1. The highest BCUT2D eigenvalue weighted by Gasteiger charge is 2.34. The number of rotatable bonds is 5. The van der Waals surface area contributed by atoms with Crippen LogP contribution in [-0.4, -0.2) is 21.9 Å². The lowest BCUT2D eigenvalue weighted by molar-refractivity contribution is -0.139. The number of nitrogens with zero attached hydrogens (tertiary/aromatic N) is 2. The summed E-state index contributed by atoms with van der Waals surface area (Å²) in [4.78, 5) is 12.5. The van der Waals surface area contributed by atoms with Crippen LogP contribution in [0.15, 0.2) is 47.5 Å². The molecule has 0 aliphatic carbocycles. The van der Waals surface area contributed by atoms with Crippen LogP contribution in [0.2, 0.25) is 0 Å². The number of hydrogen-bond donors (Lipinski definition) is 1. The summed E-state index contributed by atoms with van der Waals surface area (Å²) in [6.07, 6.45) is -1.82. The van der Waals surface area contributed by atoms with Crippen molar-refractivity contribution < 1.29 is 31.5 Å². The van der Waals surface area contributed by atoms with E-state index < -0.39 is 29.3 Å². The Bertz CT molecular complexity index is 1100. The van der Waals surface area contributed by atoms with Crippen LogP contribution in [-0.2, 0) is 13.2 Å². The summed E-state index contributed by atoms with van der Waals surface area (Å²) < 4.78 is 73.2. The third kappa shape index (κ3) is 4.73. The second kappa shape index (κ2) is 8.34. The molecule has 0 saturated heterocycles. The van der Waals surface area contributed by atoms with Gasteiger partial charge in [0.25, 0.3) is 11.8 Å². The molecule has 0 spiro atoms. The molecule has 5 nitrogen and oxygen atoms in total. The van der Waals surface area contributed by atoms with Gasteiger partial charge in [0.1, 0.15) is 22.9 Å². The Morgan fingerprint density at radius 3 is 2.53 bits per heavy atom. The minimum absolute atomic E-state index is 0.0145. The maximum absolute atomic E-state index is 13.8. The highest BCUT2D eigenvalue weighted by atomic mass is 32.2. The van der Waals surface area contributed by atoms with Gasteiger partial charge in [0.15, 0.2) is 0 Å². The number of anilines is 1. The number of benzene rings is 2. The lowest BCUT2D eigenvalue weighted by atomic mass is 10.2. The molecule has 1 amide bonds. The number of amides is 1. The lowest BCUT2D eigenvalue weighted by Gasteiger charge is -2.13. The van der Waals surface area contributed by atoms with E-state index in [2.05, 4.69) is 10.4 Å². The van der Waals surface area contributed by atoms with E-state index in [4.69, 9.17) is 4.74 Å². The van der Waals surface area contributed by atoms with Crippen molar-refractivity contribution in [3.05, 3.63) is 65.4 Å². The predicted molar refractivity (Wildman–Crippen MR) is 101 cm³/mol. The van der Waals surface area contributed by atoms with Crippen molar-refractivity contribution in [1.29, 1.82) is 0 Å². The molecule has 30 heavy (non-hydrogen) atoms. The van der Waals surface area contributed by atoms with Crippen LogP contribution in [0.3, 0.4) is 0 Å². The molecule has 2 aromatic carbocycles. The van der Waals surface area contributed by atoms with E-state index in [1.54, 1.807) is 0 Å². The zero-order valence-corrected chi connectivity index (χ0v) is 16.4. The van der Waals surface area contributed by atoms with Crippen molar-refractivity contribution in [2.24, 2.45) is 7.05 Å². The maximum Gasteiger partial charge on any atom is 0.417 e.